The lowest BCUT2D eigenvalue weighted by Crippen LogP contribution is -2.36. The molecule has 2 aromatic carbocycles. The fraction of sp³-hybridized carbons (Fsp3) is 0.364. The molecule has 0 spiro atoms. The Hall–Kier alpha value is -1.75. The zero-order valence-corrected chi connectivity index (χ0v) is 18.2. The van der Waals surface area contributed by atoms with Crippen LogP contribution in [0.5, 0.6) is 0 Å². The van der Waals surface area contributed by atoms with Crippen molar-refractivity contribution >= 4 is 52.1 Å². The van der Waals surface area contributed by atoms with Crippen LogP contribution in [0.25, 0.3) is 0 Å². The minimum atomic E-state index is -0.128. The molecule has 2 aromatic rings. The number of halogens is 3. The van der Waals surface area contributed by atoms with Gasteiger partial charge in [-0.1, -0.05) is 59.8 Å². The van der Waals surface area contributed by atoms with Crippen LogP contribution in [-0.4, -0.2) is 29.6 Å². The molecule has 1 atom stereocenters. The number of nitrogens with zero attached hydrogens (tertiary/aromatic N) is 3. The van der Waals surface area contributed by atoms with Crippen molar-refractivity contribution in [2.24, 2.45) is 5.10 Å². The molecule has 7 heteroatoms. The van der Waals surface area contributed by atoms with Crippen molar-refractivity contribution in [1.29, 1.82) is 0 Å². The Labute approximate surface area is 186 Å². The Balaban J connectivity index is 1.68. The minimum absolute atomic E-state index is 0.0263. The lowest BCUT2D eigenvalue weighted by Gasteiger charge is -2.25. The van der Waals surface area contributed by atoms with E-state index in [4.69, 9.17) is 39.9 Å². The molecule has 1 fully saturated rings. The van der Waals surface area contributed by atoms with E-state index < -0.39 is 0 Å². The maximum Gasteiger partial charge on any atom is 0.270 e. The monoisotopic (exact) mass is 449 g/mol. The summed E-state index contributed by atoms with van der Waals surface area (Å²) in [6.45, 7) is 1.59. The van der Waals surface area contributed by atoms with Crippen molar-refractivity contribution < 1.29 is 4.79 Å². The van der Waals surface area contributed by atoms with Crippen molar-refractivity contribution in [3.8, 4) is 0 Å². The SMILES string of the molecule is O=C(C1=NN(c2ccc(Cl)cc2Cl)C(c2ccc(Cl)cc2)C1)N1CCCCCC1. The van der Waals surface area contributed by atoms with Gasteiger partial charge < -0.3 is 4.90 Å². The van der Waals surface area contributed by atoms with Gasteiger partial charge in [0, 0.05) is 29.6 Å². The fourth-order valence-corrected chi connectivity index (χ4v) is 4.55. The summed E-state index contributed by atoms with van der Waals surface area (Å²) in [6.07, 6.45) is 4.97. The van der Waals surface area contributed by atoms with Gasteiger partial charge in [-0.05, 0) is 48.7 Å². The number of anilines is 1. The molecule has 1 saturated heterocycles. The van der Waals surface area contributed by atoms with Gasteiger partial charge in [-0.25, -0.2) is 0 Å². The number of rotatable bonds is 3. The predicted octanol–water partition coefficient (Wildman–Crippen LogP) is 6.36. The van der Waals surface area contributed by atoms with Crippen LogP contribution < -0.4 is 5.01 Å². The molecule has 2 aliphatic heterocycles. The van der Waals surface area contributed by atoms with Crippen molar-refractivity contribution in [2.45, 2.75) is 38.1 Å². The summed E-state index contributed by atoms with van der Waals surface area (Å²) >= 11 is 18.6. The Morgan fingerprint density at radius 3 is 2.21 bits per heavy atom. The lowest BCUT2D eigenvalue weighted by atomic mass is 10.0. The van der Waals surface area contributed by atoms with E-state index in [-0.39, 0.29) is 11.9 Å². The standard InChI is InChI=1S/C22H22Cl3N3O/c23-16-7-5-15(6-8-16)21-14-19(22(29)27-11-3-1-2-4-12-27)26-28(21)20-10-9-17(24)13-18(20)25/h5-10,13,21H,1-4,11-12,14H2. The zero-order valence-electron chi connectivity index (χ0n) is 16.0. The quantitative estimate of drug-likeness (QED) is 0.545. The molecule has 0 radical (unpaired) electrons. The number of benzene rings is 2. The summed E-state index contributed by atoms with van der Waals surface area (Å²) in [7, 11) is 0. The van der Waals surface area contributed by atoms with Crippen LogP contribution in [0.15, 0.2) is 47.6 Å². The average molecular weight is 451 g/mol. The second kappa shape index (κ2) is 8.95. The third-order valence-electron chi connectivity index (χ3n) is 5.46. The first-order chi connectivity index (χ1) is 14.0. The van der Waals surface area contributed by atoms with E-state index in [1.165, 1.54) is 12.8 Å². The van der Waals surface area contributed by atoms with Crippen molar-refractivity contribution in [3.63, 3.8) is 0 Å². The number of likely N-dealkylation sites (tertiary alicyclic amines) is 1. The number of amides is 1. The van der Waals surface area contributed by atoms with Gasteiger partial charge in [-0.2, -0.15) is 5.10 Å². The number of hydrogen-bond donors (Lipinski definition) is 0. The highest BCUT2D eigenvalue weighted by Crippen LogP contribution is 2.40. The molecule has 0 aromatic heterocycles. The fourth-order valence-electron chi connectivity index (χ4n) is 3.93. The molecular formula is C22H22Cl3N3O. The van der Waals surface area contributed by atoms with Gasteiger partial charge in [0.1, 0.15) is 5.71 Å². The lowest BCUT2D eigenvalue weighted by molar-refractivity contribution is -0.124. The van der Waals surface area contributed by atoms with E-state index in [9.17, 15) is 4.79 Å². The minimum Gasteiger partial charge on any atom is -0.338 e. The summed E-state index contributed by atoms with van der Waals surface area (Å²) in [4.78, 5) is 15.1. The second-order valence-corrected chi connectivity index (χ2v) is 8.74. The topological polar surface area (TPSA) is 35.9 Å². The first kappa shape index (κ1) is 20.5. The van der Waals surface area contributed by atoms with E-state index in [0.717, 1.165) is 37.2 Å². The molecule has 2 heterocycles. The van der Waals surface area contributed by atoms with E-state index in [2.05, 4.69) is 0 Å². The van der Waals surface area contributed by atoms with Crippen LogP contribution in [-0.2, 0) is 4.79 Å². The van der Waals surface area contributed by atoms with Crippen LogP contribution in [0, 0.1) is 0 Å². The van der Waals surface area contributed by atoms with Gasteiger partial charge in [-0.15, -0.1) is 0 Å². The molecule has 0 saturated carbocycles. The van der Waals surface area contributed by atoms with Gasteiger partial charge in [0.05, 0.1) is 16.8 Å². The molecule has 1 unspecified atom stereocenters. The number of hydrazone groups is 1. The van der Waals surface area contributed by atoms with Crippen LogP contribution in [0.2, 0.25) is 15.1 Å². The third-order valence-corrected chi connectivity index (χ3v) is 6.25. The number of carbonyl (C=O) groups excluding carboxylic acids is 1. The van der Waals surface area contributed by atoms with E-state index in [0.29, 0.717) is 27.2 Å². The highest BCUT2D eigenvalue weighted by Gasteiger charge is 2.35. The maximum atomic E-state index is 13.2. The first-order valence-electron chi connectivity index (χ1n) is 9.89. The van der Waals surface area contributed by atoms with Crippen molar-refractivity contribution in [2.75, 3.05) is 18.1 Å². The van der Waals surface area contributed by atoms with Crippen LogP contribution in [0.1, 0.15) is 43.7 Å². The van der Waals surface area contributed by atoms with Gasteiger partial charge in [0.25, 0.3) is 5.91 Å². The Morgan fingerprint density at radius 1 is 0.897 bits per heavy atom. The molecule has 4 rings (SSSR count). The predicted molar refractivity (Wildman–Crippen MR) is 120 cm³/mol. The van der Waals surface area contributed by atoms with Crippen LogP contribution in [0.4, 0.5) is 5.69 Å². The van der Waals surface area contributed by atoms with E-state index in [1.807, 2.05) is 40.2 Å². The summed E-state index contributed by atoms with van der Waals surface area (Å²) in [6, 6.07) is 12.8. The summed E-state index contributed by atoms with van der Waals surface area (Å²) in [5, 5.41) is 8.31. The summed E-state index contributed by atoms with van der Waals surface area (Å²) < 4.78 is 0. The van der Waals surface area contributed by atoms with Gasteiger partial charge in [0.2, 0.25) is 0 Å². The molecule has 2 aliphatic rings. The molecule has 0 N–H and O–H groups in total. The third kappa shape index (κ3) is 4.55. The molecular weight excluding hydrogens is 429 g/mol. The van der Waals surface area contributed by atoms with Crippen molar-refractivity contribution in [3.05, 3.63) is 63.1 Å². The largest absolute Gasteiger partial charge is 0.338 e. The zero-order chi connectivity index (χ0) is 20.4. The average Bonchev–Trinajstić information content (AvgIpc) is 2.95. The highest BCUT2D eigenvalue weighted by molar-refractivity contribution is 6.40. The smallest absolute Gasteiger partial charge is 0.270 e. The molecule has 0 bridgehead atoms. The summed E-state index contributed by atoms with van der Waals surface area (Å²) in [5.41, 5.74) is 2.33. The first-order valence-corrected chi connectivity index (χ1v) is 11.0. The van der Waals surface area contributed by atoms with E-state index in [1.54, 1.807) is 12.1 Å². The van der Waals surface area contributed by atoms with Gasteiger partial charge in [-0.3, -0.25) is 9.80 Å². The van der Waals surface area contributed by atoms with Crippen molar-refractivity contribution in [1.82, 2.24) is 4.90 Å². The molecule has 29 heavy (non-hydrogen) atoms. The molecule has 4 nitrogen and oxygen atoms in total. The number of hydrogen-bond acceptors (Lipinski definition) is 3. The van der Waals surface area contributed by atoms with E-state index >= 15 is 0 Å². The second-order valence-electron chi connectivity index (χ2n) is 7.46. The Bertz CT molecular complexity index is 921. The van der Waals surface area contributed by atoms with Gasteiger partial charge >= 0.3 is 0 Å². The molecule has 152 valence electrons. The van der Waals surface area contributed by atoms with Gasteiger partial charge in [0.15, 0.2) is 0 Å². The highest BCUT2D eigenvalue weighted by atomic mass is 35.5. The Kier molecular flexibility index (Phi) is 6.33. The van der Waals surface area contributed by atoms with Crippen LogP contribution in [0.3, 0.4) is 0 Å². The molecule has 0 aliphatic carbocycles. The summed E-state index contributed by atoms with van der Waals surface area (Å²) in [5.74, 6) is 0.0263. The normalized spacial score (nSPS) is 19.8. The Morgan fingerprint density at radius 2 is 1.55 bits per heavy atom. The number of carbonyl (C=O) groups is 1. The maximum absolute atomic E-state index is 13.2. The molecule has 1 amide bonds. The van der Waals surface area contributed by atoms with Crippen LogP contribution >= 0.6 is 34.8 Å².